The van der Waals surface area contributed by atoms with Crippen molar-refractivity contribution in [2.45, 2.75) is 57.8 Å². The first kappa shape index (κ1) is 34.2. The van der Waals surface area contributed by atoms with Crippen LogP contribution in [0.25, 0.3) is 0 Å². The Balaban J connectivity index is 0.00000506. The molecule has 5 nitrogen and oxygen atoms in total. The number of carbonyl (C=O) groups excluding carboxylic acids is 1. The molecule has 0 fully saturated rings. The van der Waals surface area contributed by atoms with Gasteiger partial charge >= 0.3 is 5.97 Å². The number of benzene rings is 4. The van der Waals surface area contributed by atoms with Crippen molar-refractivity contribution in [3.05, 3.63) is 109 Å². The van der Waals surface area contributed by atoms with Crippen LogP contribution in [-0.2, 0) is 4.74 Å². The zero-order valence-corrected chi connectivity index (χ0v) is 27.1. The maximum absolute atomic E-state index is 12.1. The van der Waals surface area contributed by atoms with Crippen LogP contribution >= 0.6 is 7.26 Å². The maximum Gasteiger partial charge on any atom is 0.338 e. The van der Waals surface area contributed by atoms with E-state index in [2.05, 4.69) is 91.0 Å². The van der Waals surface area contributed by atoms with E-state index in [1.807, 2.05) is 0 Å². The summed E-state index contributed by atoms with van der Waals surface area (Å²) in [5.41, 5.74) is 0.0125. The smallest absolute Gasteiger partial charge is 0.338 e. The topological polar surface area (TPSA) is 87.0 Å². The third-order valence-corrected chi connectivity index (χ3v) is 12.3. The monoisotopic (exact) mass is 664 g/mol. The van der Waals surface area contributed by atoms with Crippen LogP contribution in [0.3, 0.4) is 0 Å². The van der Waals surface area contributed by atoms with E-state index in [0.29, 0.717) is 0 Å². The SMILES string of the molecule is O=C(OCCCCCCCCCCC[P+](c1ccccc1)(c1ccccc1)c1ccccc1)c1cc(O)c(O)c(O)c1.[Br-]. The van der Waals surface area contributed by atoms with Crippen LogP contribution in [0.15, 0.2) is 103 Å². The lowest BCUT2D eigenvalue weighted by Gasteiger charge is -2.27. The van der Waals surface area contributed by atoms with Gasteiger partial charge in [-0.2, -0.15) is 0 Å². The number of hydrogen-bond donors (Lipinski definition) is 3. The predicted octanol–water partition coefficient (Wildman–Crippen LogP) is 4.47. The average Bonchev–Trinajstić information content (AvgIpc) is 3.03. The standard InChI is InChI=1S/C36H41O5P.BrH/c37-33-27-29(28-34(38)35(33)39)36(40)41-25-17-6-4-2-1-3-5-7-18-26-42(30-19-11-8-12-20-30,31-21-13-9-14-22-31)32-23-15-10-16-24-32;/h8-16,19-24,27-28H,1-7,17-18,25-26H2,(H2-,37,38,39,40);1H. The molecule has 0 saturated carbocycles. The number of ether oxygens (including phenoxy) is 1. The maximum atomic E-state index is 12.1. The van der Waals surface area contributed by atoms with Crippen molar-refractivity contribution in [3.8, 4) is 17.2 Å². The summed E-state index contributed by atoms with van der Waals surface area (Å²) in [7, 11) is -1.74. The molecule has 0 amide bonds. The summed E-state index contributed by atoms with van der Waals surface area (Å²) in [6, 6.07) is 35.4. The van der Waals surface area contributed by atoms with Gasteiger partial charge in [-0.1, -0.05) is 93.1 Å². The van der Waals surface area contributed by atoms with Crippen LogP contribution in [0, 0.1) is 0 Å². The third kappa shape index (κ3) is 9.32. The predicted molar refractivity (Wildman–Crippen MR) is 173 cm³/mol. The van der Waals surface area contributed by atoms with Crippen molar-refractivity contribution in [2.24, 2.45) is 0 Å². The summed E-state index contributed by atoms with van der Waals surface area (Å²) in [6.07, 6.45) is 11.3. The highest BCUT2D eigenvalue weighted by Gasteiger charge is 2.44. The molecule has 3 N–H and O–H groups in total. The summed E-state index contributed by atoms with van der Waals surface area (Å²) >= 11 is 0. The van der Waals surface area contributed by atoms with Crippen molar-refractivity contribution in [1.29, 1.82) is 0 Å². The molecule has 0 radical (unpaired) electrons. The number of aromatic hydroxyl groups is 3. The molecule has 0 unspecified atom stereocenters. The van der Waals surface area contributed by atoms with Gasteiger partial charge in [0.1, 0.15) is 23.2 Å². The Bertz CT molecular complexity index is 1260. The van der Waals surface area contributed by atoms with Crippen molar-refractivity contribution < 1.29 is 41.8 Å². The number of rotatable bonds is 16. The van der Waals surface area contributed by atoms with E-state index >= 15 is 0 Å². The van der Waals surface area contributed by atoms with Gasteiger partial charge < -0.3 is 37.0 Å². The average molecular weight is 666 g/mol. The highest BCUT2D eigenvalue weighted by molar-refractivity contribution is 7.95. The lowest BCUT2D eigenvalue weighted by molar-refractivity contribution is -0.0000287. The summed E-state index contributed by atoms with van der Waals surface area (Å²) < 4.78 is 5.23. The molecule has 228 valence electrons. The fourth-order valence-electron chi connectivity index (χ4n) is 5.54. The molecule has 4 aromatic carbocycles. The minimum absolute atomic E-state index is 0. The van der Waals surface area contributed by atoms with Gasteiger partial charge in [-0.05, 0) is 67.8 Å². The first-order valence-corrected chi connectivity index (χ1v) is 17.0. The summed E-state index contributed by atoms with van der Waals surface area (Å²) in [6.45, 7) is 0.288. The number of phenolic OH excluding ortho intramolecular Hbond substituents is 3. The van der Waals surface area contributed by atoms with Gasteiger partial charge in [-0.3, -0.25) is 0 Å². The quantitative estimate of drug-likeness (QED) is 0.0713. The van der Waals surface area contributed by atoms with Crippen LogP contribution in [0.5, 0.6) is 17.2 Å². The van der Waals surface area contributed by atoms with E-state index < -0.39 is 30.5 Å². The largest absolute Gasteiger partial charge is 1.00 e. The Labute approximate surface area is 266 Å². The highest BCUT2D eigenvalue weighted by Crippen LogP contribution is 2.56. The molecular weight excluding hydrogens is 623 g/mol. The van der Waals surface area contributed by atoms with E-state index in [1.54, 1.807) is 0 Å². The molecule has 0 aromatic heterocycles. The molecule has 0 atom stereocenters. The second-order valence-electron chi connectivity index (χ2n) is 10.7. The van der Waals surface area contributed by atoms with Gasteiger partial charge in [-0.15, -0.1) is 0 Å². The van der Waals surface area contributed by atoms with Crippen molar-refractivity contribution in [1.82, 2.24) is 0 Å². The second kappa shape index (κ2) is 17.7. The Kier molecular flexibility index (Phi) is 14.1. The van der Waals surface area contributed by atoms with Gasteiger partial charge in [-0.25, -0.2) is 4.79 Å². The van der Waals surface area contributed by atoms with E-state index in [-0.39, 0.29) is 29.2 Å². The van der Waals surface area contributed by atoms with Crippen LogP contribution in [0.4, 0.5) is 0 Å². The van der Waals surface area contributed by atoms with Crippen LogP contribution in [0.2, 0.25) is 0 Å². The van der Waals surface area contributed by atoms with Crippen molar-refractivity contribution in [3.63, 3.8) is 0 Å². The van der Waals surface area contributed by atoms with Gasteiger partial charge in [0, 0.05) is 0 Å². The van der Waals surface area contributed by atoms with Gasteiger partial charge in [0.2, 0.25) is 0 Å². The van der Waals surface area contributed by atoms with Crippen molar-refractivity contribution >= 4 is 29.1 Å². The van der Waals surface area contributed by atoms with Gasteiger partial charge in [0.05, 0.1) is 18.3 Å². The number of carbonyl (C=O) groups is 1. The van der Waals surface area contributed by atoms with E-state index in [9.17, 15) is 20.1 Å². The molecular formula is C36H42BrO5P. The molecule has 7 heteroatoms. The molecule has 0 spiro atoms. The fourth-order valence-corrected chi connectivity index (χ4v) is 9.95. The van der Waals surface area contributed by atoms with Gasteiger partial charge in [0.15, 0.2) is 17.2 Å². The van der Waals surface area contributed by atoms with Crippen LogP contribution < -0.4 is 32.9 Å². The number of esters is 1. The zero-order valence-electron chi connectivity index (χ0n) is 24.6. The molecule has 4 rings (SSSR count). The summed E-state index contributed by atoms with van der Waals surface area (Å²) in [5, 5.41) is 32.9. The normalized spacial score (nSPS) is 11.1. The van der Waals surface area contributed by atoms with Gasteiger partial charge in [0.25, 0.3) is 0 Å². The van der Waals surface area contributed by atoms with E-state index in [1.165, 1.54) is 60.6 Å². The minimum Gasteiger partial charge on any atom is -1.00 e. The van der Waals surface area contributed by atoms with E-state index in [4.69, 9.17) is 4.74 Å². The molecule has 0 heterocycles. The Morgan fingerprint density at radius 3 is 1.35 bits per heavy atom. The summed E-state index contributed by atoms with van der Waals surface area (Å²) in [5.74, 6) is -2.37. The first-order chi connectivity index (χ1) is 20.5. The Morgan fingerprint density at radius 1 is 0.558 bits per heavy atom. The first-order valence-electron chi connectivity index (χ1n) is 15.0. The van der Waals surface area contributed by atoms with Crippen molar-refractivity contribution in [2.75, 3.05) is 12.8 Å². The lowest BCUT2D eigenvalue weighted by atomic mass is 10.1. The van der Waals surface area contributed by atoms with E-state index in [0.717, 1.165) is 31.4 Å². The highest BCUT2D eigenvalue weighted by atomic mass is 79.9. The Morgan fingerprint density at radius 2 is 0.930 bits per heavy atom. The summed E-state index contributed by atoms with van der Waals surface area (Å²) in [4.78, 5) is 12.1. The minimum atomic E-state index is -1.74. The molecule has 43 heavy (non-hydrogen) atoms. The molecule has 0 aliphatic rings. The number of hydrogen-bond acceptors (Lipinski definition) is 5. The molecule has 0 bridgehead atoms. The molecule has 0 aliphatic heterocycles. The molecule has 0 aliphatic carbocycles. The molecule has 4 aromatic rings. The van der Waals surface area contributed by atoms with Crippen LogP contribution in [0.1, 0.15) is 68.1 Å². The lowest BCUT2D eigenvalue weighted by Crippen LogP contribution is -3.00. The number of phenols is 3. The third-order valence-electron chi connectivity index (χ3n) is 7.77. The zero-order chi connectivity index (χ0) is 29.6. The fraction of sp³-hybridized carbons (Fsp3) is 0.306. The number of halogens is 1. The second-order valence-corrected chi connectivity index (χ2v) is 14.3. The molecule has 0 saturated heterocycles. The Hall–Kier alpha value is -3.34. The number of unbranched alkanes of at least 4 members (excludes halogenated alkanes) is 8. The van der Waals surface area contributed by atoms with Crippen LogP contribution in [-0.4, -0.2) is 34.1 Å².